The number of benzene rings is 1. The number of ether oxygens (including phenoxy) is 1. The van der Waals surface area contributed by atoms with Crippen LogP contribution in [0.15, 0.2) is 36.4 Å². The number of para-hydroxylation sites is 2. The van der Waals surface area contributed by atoms with Gasteiger partial charge in [-0.25, -0.2) is 9.50 Å². The highest BCUT2D eigenvalue weighted by Crippen LogP contribution is 2.24. The second kappa shape index (κ2) is 6.08. The van der Waals surface area contributed by atoms with Gasteiger partial charge < -0.3 is 10.1 Å². The van der Waals surface area contributed by atoms with Crippen molar-refractivity contribution < 1.29 is 9.53 Å². The fourth-order valence-electron chi connectivity index (χ4n) is 2.39. The van der Waals surface area contributed by atoms with E-state index in [0.717, 1.165) is 11.4 Å². The van der Waals surface area contributed by atoms with Crippen LogP contribution in [0.4, 0.5) is 5.69 Å². The van der Waals surface area contributed by atoms with Gasteiger partial charge in [0.05, 0.1) is 18.0 Å². The average Bonchev–Trinajstić information content (AvgIpc) is 2.90. The maximum Gasteiger partial charge on any atom is 0.274 e. The van der Waals surface area contributed by atoms with Crippen LogP contribution in [-0.2, 0) is 0 Å². The summed E-state index contributed by atoms with van der Waals surface area (Å²) in [6.45, 7) is 6.23. The molecule has 23 heavy (non-hydrogen) atoms. The Kier molecular flexibility index (Phi) is 3.97. The summed E-state index contributed by atoms with van der Waals surface area (Å²) in [6, 6.07) is 10.9. The van der Waals surface area contributed by atoms with Gasteiger partial charge in [-0.3, -0.25) is 4.79 Å². The molecule has 6 heteroatoms. The normalized spacial score (nSPS) is 10.7. The van der Waals surface area contributed by atoms with Gasteiger partial charge in [-0.05, 0) is 39.0 Å². The van der Waals surface area contributed by atoms with Gasteiger partial charge in [-0.2, -0.15) is 5.10 Å². The van der Waals surface area contributed by atoms with Crippen LogP contribution < -0.4 is 10.1 Å². The molecule has 0 unspecified atom stereocenters. The molecule has 0 spiro atoms. The summed E-state index contributed by atoms with van der Waals surface area (Å²) in [5.41, 5.74) is 3.35. The first-order valence-corrected chi connectivity index (χ1v) is 7.45. The fraction of sp³-hybridized carbons (Fsp3) is 0.235. The van der Waals surface area contributed by atoms with Crippen LogP contribution in [0.5, 0.6) is 5.75 Å². The first-order valence-electron chi connectivity index (χ1n) is 7.45. The molecule has 2 aromatic heterocycles. The Balaban J connectivity index is 1.92. The summed E-state index contributed by atoms with van der Waals surface area (Å²) in [5, 5.41) is 7.19. The number of amides is 1. The molecule has 0 aliphatic rings. The van der Waals surface area contributed by atoms with E-state index in [9.17, 15) is 4.79 Å². The van der Waals surface area contributed by atoms with E-state index in [1.54, 1.807) is 16.6 Å². The lowest BCUT2D eigenvalue weighted by Gasteiger charge is -2.11. The number of anilines is 1. The van der Waals surface area contributed by atoms with Crippen molar-refractivity contribution in [2.45, 2.75) is 20.8 Å². The molecule has 0 aliphatic heterocycles. The monoisotopic (exact) mass is 310 g/mol. The third-order valence-electron chi connectivity index (χ3n) is 3.40. The van der Waals surface area contributed by atoms with Crippen LogP contribution in [0.25, 0.3) is 5.65 Å². The standard InChI is InChI=1S/C17H18N4O2/c1-4-23-15-8-6-5-7-13(15)19-17(22)14-10-12(3)21-16(18-14)9-11(2)20-21/h5-10H,4H2,1-3H3,(H,19,22). The van der Waals surface area contributed by atoms with Crippen LogP contribution in [0.1, 0.15) is 28.8 Å². The summed E-state index contributed by atoms with van der Waals surface area (Å²) >= 11 is 0. The summed E-state index contributed by atoms with van der Waals surface area (Å²) < 4.78 is 7.24. The van der Waals surface area contributed by atoms with E-state index in [1.165, 1.54) is 0 Å². The number of rotatable bonds is 4. The lowest BCUT2D eigenvalue weighted by molar-refractivity contribution is 0.102. The van der Waals surface area contributed by atoms with Gasteiger partial charge in [-0.15, -0.1) is 0 Å². The molecule has 118 valence electrons. The minimum absolute atomic E-state index is 0.276. The Morgan fingerprint density at radius 1 is 1.26 bits per heavy atom. The number of aryl methyl sites for hydroxylation is 2. The summed E-state index contributed by atoms with van der Waals surface area (Å²) in [5.74, 6) is 0.364. The number of hydrogen-bond donors (Lipinski definition) is 1. The van der Waals surface area contributed by atoms with Gasteiger partial charge in [0.15, 0.2) is 5.65 Å². The first kappa shape index (κ1) is 15.0. The van der Waals surface area contributed by atoms with Crippen molar-refractivity contribution >= 4 is 17.2 Å². The molecule has 0 saturated carbocycles. The number of fused-ring (bicyclic) bond motifs is 1. The molecule has 3 aromatic rings. The smallest absolute Gasteiger partial charge is 0.274 e. The Morgan fingerprint density at radius 3 is 2.83 bits per heavy atom. The molecular weight excluding hydrogens is 292 g/mol. The van der Waals surface area contributed by atoms with Gasteiger partial charge in [0.2, 0.25) is 0 Å². The van der Waals surface area contributed by atoms with E-state index in [1.807, 2.05) is 45.0 Å². The van der Waals surface area contributed by atoms with Crippen molar-refractivity contribution in [2.24, 2.45) is 0 Å². The summed E-state index contributed by atoms with van der Waals surface area (Å²) in [7, 11) is 0. The highest BCUT2D eigenvalue weighted by Gasteiger charge is 2.14. The molecule has 0 fully saturated rings. The van der Waals surface area contributed by atoms with Crippen LogP contribution in [0.2, 0.25) is 0 Å². The zero-order valence-electron chi connectivity index (χ0n) is 13.3. The van der Waals surface area contributed by atoms with Crippen molar-refractivity contribution in [1.82, 2.24) is 14.6 Å². The van der Waals surface area contributed by atoms with Gasteiger partial charge in [0.1, 0.15) is 11.4 Å². The van der Waals surface area contributed by atoms with Gasteiger partial charge in [0.25, 0.3) is 5.91 Å². The predicted octanol–water partition coefficient (Wildman–Crippen LogP) is 3.00. The lowest BCUT2D eigenvalue weighted by Crippen LogP contribution is -2.16. The molecule has 0 radical (unpaired) electrons. The zero-order valence-corrected chi connectivity index (χ0v) is 13.3. The number of nitrogens with zero attached hydrogens (tertiary/aromatic N) is 3. The Labute approximate surface area is 134 Å². The molecule has 1 aromatic carbocycles. The molecular formula is C17H18N4O2. The van der Waals surface area contributed by atoms with E-state index < -0.39 is 0 Å². The molecule has 1 amide bonds. The number of nitrogens with one attached hydrogen (secondary N) is 1. The van der Waals surface area contributed by atoms with E-state index in [0.29, 0.717) is 29.4 Å². The largest absolute Gasteiger partial charge is 0.492 e. The van der Waals surface area contributed by atoms with Gasteiger partial charge in [0, 0.05) is 11.8 Å². The van der Waals surface area contributed by atoms with Crippen molar-refractivity contribution in [3.05, 3.63) is 53.5 Å². The minimum atomic E-state index is -0.276. The molecule has 0 atom stereocenters. The highest BCUT2D eigenvalue weighted by molar-refractivity contribution is 6.04. The fourth-order valence-corrected chi connectivity index (χ4v) is 2.39. The van der Waals surface area contributed by atoms with E-state index in [4.69, 9.17) is 4.74 Å². The molecule has 2 heterocycles. The summed E-state index contributed by atoms with van der Waals surface area (Å²) in [6.07, 6.45) is 0. The van der Waals surface area contributed by atoms with Gasteiger partial charge >= 0.3 is 0 Å². The third kappa shape index (κ3) is 3.01. The van der Waals surface area contributed by atoms with Crippen LogP contribution >= 0.6 is 0 Å². The van der Waals surface area contributed by atoms with E-state index in [-0.39, 0.29) is 5.91 Å². The molecule has 0 aliphatic carbocycles. The molecule has 6 nitrogen and oxygen atoms in total. The van der Waals surface area contributed by atoms with Crippen molar-refractivity contribution in [2.75, 3.05) is 11.9 Å². The van der Waals surface area contributed by atoms with Crippen LogP contribution in [0, 0.1) is 13.8 Å². The van der Waals surface area contributed by atoms with E-state index in [2.05, 4.69) is 15.4 Å². The second-order valence-electron chi connectivity index (χ2n) is 5.22. The van der Waals surface area contributed by atoms with Crippen LogP contribution in [0.3, 0.4) is 0 Å². The SMILES string of the molecule is CCOc1ccccc1NC(=O)c1cc(C)n2nc(C)cc2n1. The quantitative estimate of drug-likeness (QED) is 0.804. The Morgan fingerprint density at radius 2 is 2.04 bits per heavy atom. The second-order valence-corrected chi connectivity index (χ2v) is 5.22. The molecule has 0 bridgehead atoms. The number of aromatic nitrogens is 3. The van der Waals surface area contributed by atoms with E-state index >= 15 is 0 Å². The maximum atomic E-state index is 12.5. The topological polar surface area (TPSA) is 68.5 Å². The maximum absolute atomic E-state index is 12.5. The van der Waals surface area contributed by atoms with Crippen molar-refractivity contribution in [3.63, 3.8) is 0 Å². The number of carbonyl (C=O) groups is 1. The van der Waals surface area contributed by atoms with Crippen molar-refractivity contribution in [3.8, 4) is 5.75 Å². The predicted molar refractivity (Wildman–Crippen MR) is 88.0 cm³/mol. The third-order valence-corrected chi connectivity index (χ3v) is 3.40. The average molecular weight is 310 g/mol. The molecule has 3 rings (SSSR count). The van der Waals surface area contributed by atoms with Gasteiger partial charge in [-0.1, -0.05) is 12.1 Å². The zero-order chi connectivity index (χ0) is 16.4. The highest BCUT2D eigenvalue weighted by atomic mass is 16.5. The van der Waals surface area contributed by atoms with Crippen molar-refractivity contribution in [1.29, 1.82) is 0 Å². The Hall–Kier alpha value is -2.89. The molecule has 1 N–H and O–H groups in total. The first-order chi connectivity index (χ1) is 11.1. The number of carbonyl (C=O) groups excluding carboxylic acids is 1. The lowest BCUT2D eigenvalue weighted by atomic mass is 10.2. The molecule has 0 saturated heterocycles. The van der Waals surface area contributed by atoms with Crippen LogP contribution in [-0.4, -0.2) is 27.1 Å². The minimum Gasteiger partial charge on any atom is -0.492 e. The summed E-state index contributed by atoms with van der Waals surface area (Å²) in [4.78, 5) is 16.9. The Bertz CT molecular complexity index is 870. The number of hydrogen-bond acceptors (Lipinski definition) is 4.